The molecule has 0 fully saturated rings. The number of fused-ring (bicyclic) bond motifs is 1. The topological polar surface area (TPSA) is 47.4 Å². The van der Waals surface area contributed by atoms with Crippen LogP contribution in [0, 0.1) is 0 Å². The lowest BCUT2D eigenvalue weighted by atomic mass is 10.3. The summed E-state index contributed by atoms with van der Waals surface area (Å²) in [6, 6.07) is 12.1. The number of carbonyl (C=O) groups excluding carboxylic acids is 1. The van der Waals surface area contributed by atoms with E-state index in [1.54, 1.807) is 18.4 Å². The van der Waals surface area contributed by atoms with Crippen LogP contribution in [-0.2, 0) is 22.6 Å². The molecule has 3 rings (SSSR count). The van der Waals surface area contributed by atoms with Gasteiger partial charge in [-0.2, -0.15) is 0 Å². The van der Waals surface area contributed by atoms with Gasteiger partial charge in [0.1, 0.15) is 0 Å². The second-order valence-electron chi connectivity index (χ2n) is 5.93. The molecule has 0 radical (unpaired) electrons. The van der Waals surface area contributed by atoms with Gasteiger partial charge in [-0.15, -0.1) is 11.3 Å². The van der Waals surface area contributed by atoms with Gasteiger partial charge in [-0.3, -0.25) is 4.79 Å². The summed E-state index contributed by atoms with van der Waals surface area (Å²) < 4.78 is 8.45. The number of benzene rings is 1. The van der Waals surface area contributed by atoms with E-state index < -0.39 is 0 Å². The molecule has 1 amide bonds. The van der Waals surface area contributed by atoms with Gasteiger partial charge in [0, 0.05) is 25.1 Å². The van der Waals surface area contributed by atoms with Crippen molar-refractivity contribution in [1.29, 1.82) is 0 Å². The summed E-state index contributed by atoms with van der Waals surface area (Å²) in [4.78, 5) is 20.5. The number of hydrogen-bond acceptors (Lipinski definition) is 5. The molecule has 0 aliphatic carbocycles. The second-order valence-corrected chi connectivity index (χ2v) is 9.42. The van der Waals surface area contributed by atoms with Crippen molar-refractivity contribution in [3.05, 3.63) is 45.1 Å². The highest BCUT2D eigenvalue weighted by molar-refractivity contribution is 9.11. The van der Waals surface area contributed by atoms with Crippen molar-refractivity contribution in [2.45, 2.75) is 25.2 Å². The summed E-state index contributed by atoms with van der Waals surface area (Å²) in [7, 11) is 1.69. The zero-order valence-electron chi connectivity index (χ0n) is 15.4. The van der Waals surface area contributed by atoms with Gasteiger partial charge >= 0.3 is 0 Å². The number of imidazole rings is 1. The number of methoxy groups -OCH3 is 1. The lowest BCUT2D eigenvalue weighted by Crippen LogP contribution is -2.31. The number of nitrogens with zero attached hydrogens (tertiary/aromatic N) is 3. The van der Waals surface area contributed by atoms with Gasteiger partial charge in [0.25, 0.3) is 0 Å². The van der Waals surface area contributed by atoms with Crippen LogP contribution < -0.4 is 0 Å². The average Bonchev–Trinajstić information content (AvgIpc) is 3.25. The first-order chi connectivity index (χ1) is 13.1. The van der Waals surface area contributed by atoms with Gasteiger partial charge in [0.05, 0.1) is 33.7 Å². The Morgan fingerprint density at radius 2 is 2.15 bits per heavy atom. The summed E-state index contributed by atoms with van der Waals surface area (Å²) in [6.45, 7) is 4.67. The third-order valence-electron chi connectivity index (χ3n) is 4.17. The maximum absolute atomic E-state index is 12.7. The number of para-hydroxylation sites is 2. The Labute approximate surface area is 175 Å². The summed E-state index contributed by atoms with van der Waals surface area (Å²) in [5.41, 5.74) is 2.01. The van der Waals surface area contributed by atoms with Crippen LogP contribution in [-0.4, -0.2) is 46.4 Å². The number of rotatable bonds is 9. The number of aromatic nitrogens is 2. The van der Waals surface area contributed by atoms with E-state index in [1.165, 1.54) is 16.6 Å². The molecule has 2 aromatic heterocycles. The van der Waals surface area contributed by atoms with Crippen molar-refractivity contribution in [2.75, 3.05) is 26.0 Å². The van der Waals surface area contributed by atoms with Crippen molar-refractivity contribution < 1.29 is 9.53 Å². The Hall–Kier alpha value is -1.35. The van der Waals surface area contributed by atoms with E-state index in [0.717, 1.165) is 20.0 Å². The van der Waals surface area contributed by atoms with Gasteiger partial charge in [-0.05, 0) is 47.1 Å². The Morgan fingerprint density at radius 1 is 1.33 bits per heavy atom. The fourth-order valence-corrected chi connectivity index (χ4v) is 5.22. The van der Waals surface area contributed by atoms with E-state index in [9.17, 15) is 4.79 Å². The molecule has 0 saturated carbocycles. The van der Waals surface area contributed by atoms with Crippen molar-refractivity contribution >= 4 is 56.0 Å². The van der Waals surface area contributed by atoms with Crippen molar-refractivity contribution in [2.24, 2.45) is 0 Å². The first-order valence-electron chi connectivity index (χ1n) is 8.71. The molecular formula is C19H22BrN3O2S2. The van der Waals surface area contributed by atoms with Gasteiger partial charge in [0.2, 0.25) is 5.91 Å². The Balaban J connectivity index is 1.70. The minimum Gasteiger partial charge on any atom is -0.383 e. The lowest BCUT2D eigenvalue weighted by molar-refractivity contribution is -0.128. The van der Waals surface area contributed by atoms with E-state index in [2.05, 4.69) is 32.6 Å². The van der Waals surface area contributed by atoms with Crippen molar-refractivity contribution in [3.8, 4) is 0 Å². The maximum atomic E-state index is 12.7. The van der Waals surface area contributed by atoms with Gasteiger partial charge < -0.3 is 14.2 Å². The van der Waals surface area contributed by atoms with Crippen LogP contribution in [0.5, 0.6) is 0 Å². The average molecular weight is 468 g/mol. The standard InChI is InChI=1S/C19H22BrN3O2S2/c1-3-22(12-14-8-9-17(20)27-14)18(24)13-26-19-21-15-6-4-5-7-16(15)23(19)10-11-25-2/h4-9H,3,10-13H2,1-2H3. The summed E-state index contributed by atoms with van der Waals surface area (Å²) in [5.74, 6) is 0.494. The molecule has 0 N–H and O–H groups in total. The lowest BCUT2D eigenvalue weighted by Gasteiger charge is -2.20. The van der Waals surface area contributed by atoms with Crippen LogP contribution in [0.15, 0.2) is 45.3 Å². The summed E-state index contributed by atoms with van der Waals surface area (Å²) in [5, 5.41) is 0.858. The van der Waals surface area contributed by atoms with E-state index in [1.807, 2.05) is 36.1 Å². The Morgan fingerprint density at radius 3 is 2.85 bits per heavy atom. The minimum atomic E-state index is 0.123. The number of carbonyl (C=O) groups is 1. The number of thiophene rings is 1. The third kappa shape index (κ3) is 5.13. The normalized spacial score (nSPS) is 11.2. The number of halogens is 1. The largest absolute Gasteiger partial charge is 0.383 e. The molecule has 1 aromatic carbocycles. The monoisotopic (exact) mass is 467 g/mol. The number of amides is 1. The minimum absolute atomic E-state index is 0.123. The molecule has 3 aromatic rings. The first kappa shape index (κ1) is 20.4. The molecule has 0 aliphatic heterocycles. The zero-order valence-corrected chi connectivity index (χ0v) is 18.6. The van der Waals surface area contributed by atoms with Crippen LogP contribution in [0.2, 0.25) is 0 Å². The molecule has 0 spiro atoms. The fourth-order valence-electron chi connectivity index (χ4n) is 2.78. The van der Waals surface area contributed by atoms with E-state index >= 15 is 0 Å². The first-order valence-corrected chi connectivity index (χ1v) is 11.3. The second kappa shape index (κ2) is 9.73. The van der Waals surface area contributed by atoms with Crippen molar-refractivity contribution in [1.82, 2.24) is 14.5 Å². The molecule has 0 bridgehead atoms. The van der Waals surface area contributed by atoms with Crippen LogP contribution in [0.1, 0.15) is 11.8 Å². The van der Waals surface area contributed by atoms with E-state index in [-0.39, 0.29) is 5.91 Å². The smallest absolute Gasteiger partial charge is 0.233 e. The molecule has 27 heavy (non-hydrogen) atoms. The Bertz CT molecular complexity index is 909. The van der Waals surface area contributed by atoms with Crippen molar-refractivity contribution in [3.63, 3.8) is 0 Å². The predicted octanol–water partition coefficient (Wildman–Crippen LogP) is 4.65. The van der Waals surface area contributed by atoms with E-state index in [4.69, 9.17) is 9.72 Å². The summed E-state index contributed by atoms with van der Waals surface area (Å²) >= 11 is 6.63. The zero-order chi connectivity index (χ0) is 19.2. The van der Waals surface area contributed by atoms with Crippen LogP contribution >= 0.6 is 39.0 Å². The highest BCUT2D eigenvalue weighted by Crippen LogP contribution is 2.26. The molecule has 144 valence electrons. The summed E-state index contributed by atoms with van der Waals surface area (Å²) in [6.07, 6.45) is 0. The molecular weight excluding hydrogens is 446 g/mol. The number of hydrogen-bond donors (Lipinski definition) is 0. The van der Waals surface area contributed by atoms with Gasteiger partial charge in [-0.25, -0.2) is 4.98 Å². The van der Waals surface area contributed by atoms with Gasteiger partial charge in [-0.1, -0.05) is 23.9 Å². The quantitative estimate of drug-likeness (QED) is 0.429. The Kier molecular flexibility index (Phi) is 7.34. The third-order valence-corrected chi connectivity index (χ3v) is 6.74. The maximum Gasteiger partial charge on any atom is 0.233 e. The molecule has 8 heteroatoms. The molecule has 0 aliphatic rings. The van der Waals surface area contributed by atoms with Crippen LogP contribution in [0.3, 0.4) is 0 Å². The molecule has 2 heterocycles. The highest BCUT2D eigenvalue weighted by Gasteiger charge is 2.17. The van der Waals surface area contributed by atoms with Crippen LogP contribution in [0.25, 0.3) is 11.0 Å². The predicted molar refractivity (Wildman–Crippen MR) is 115 cm³/mol. The van der Waals surface area contributed by atoms with Crippen LogP contribution in [0.4, 0.5) is 0 Å². The number of ether oxygens (including phenoxy) is 1. The fraction of sp³-hybridized carbons (Fsp3) is 0.368. The number of thioether (sulfide) groups is 1. The molecule has 0 atom stereocenters. The van der Waals surface area contributed by atoms with Gasteiger partial charge in [0.15, 0.2) is 5.16 Å². The molecule has 5 nitrogen and oxygen atoms in total. The molecule has 0 saturated heterocycles. The SMILES string of the molecule is CCN(Cc1ccc(Br)s1)C(=O)CSc1nc2ccccc2n1CCOC. The van der Waals surface area contributed by atoms with E-state index in [0.29, 0.717) is 32.0 Å². The molecule has 0 unspecified atom stereocenters. The highest BCUT2D eigenvalue weighted by atomic mass is 79.9.